The molecule has 4 rings (SSSR count). The largest absolute Gasteiger partial charge is 0.490 e. The first-order chi connectivity index (χ1) is 14.6. The van der Waals surface area contributed by atoms with Crippen molar-refractivity contribution in [3.63, 3.8) is 0 Å². The molecule has 3 aromatic rings. The number of hydrogen-bond donors (Lipinski definition) is 2. The molecule has 1 aromatic heterocycles. The highest BCUT2D eigenvalue weighted by Gasteiger charge is 2.26. The summed E-state index contributed by atoms with van der Waals surface area (Å²) in [7, 11) is 0. The molecule has 154 valence electrons. The van der Waals surface area contributed by atoms with E-state index in [9.17, 15) is 9.59 Å². The SMILES string of the molecule is O=C(Nc1nnc(-c2ccccc2)s1)c1ccc(OC2CCC(C(=O)O)CC2)cc1. The number of benzene rings is 2. The van der Waals surface area contributed by atoms with E-state index in [1.54, 1.807) is 24.3 Å². The zero-order valence-corrected chi connectivity index (χ0v) is 17.0. The zero-order chi connectivity index (χ0) is 20.9. The van der Waals surface area contributed by atoms with Crippen molar-refractivity contribution in [2.24, 2.45) is 5.92 Å². The lowest BCUT2D eigenvalue weighted by atomic mass is 9.87. The molecule has 1 aliphatic rings. The number of ether oxygens (including phenoxy) is 1. The van der Waals surface area contributed by atoms with Crippen LogP contribution in [0.1, 0.15) is 36.0 Å². The number of carbonyl (C=O) groups excluding carboxylic acids is 1. The van der Waals surface area contributed by atoms with Crippen LogP contribution in [-0.4, -0.2) is 33.3 Å². The minimum Gasteiger partial charge on any atom is -0.490 e. The molecule has 0 radical (unpaired) electrons. The Balaban J connectivity index is 1.32. The third-order valence-electron chi connectivity index (χ3n) is 5.11. The molecule has 0 atom stereocenters. The summed E-state index contributed by atoms with van der Waals surface area (Å²) in [6, 6.07) is 16.6. The van der Waals surface area contributed by atoms with Crippen LogP contribution in [0.5, 0.6) is 5.75 Å². The van der Waals surface area contributed by atoms with Gasteiger partial charge >= 0.3 is 5.97 Å². The fourth-order valence-corrected chi connectivity index (χ4v) is 4.19. The van der Waals surface area contributed by atoms with Crippen LogP contribution >= 0.6 is 11.3 Å². The maximum Gasteiger partial charge on any atom is 0.306 e. The van der Waals surface area contributed by atoms with Gasteiger partial charge in [-0.15, -0.1) is 10.2 Å². The lowest BCUT2D eigenvalue weighted by molar-refractivity contribution is -0.143. The average Bonchev–Trinajstić information content (AvgIpc) is 3.24. The number of amides is 1. The van der Waals surface area contributed by atoms with E-state index in [1.165, 1.54) is 11.3 Å². The first kappa shape index (κ1) is 20.0. The summed E-state index contributed by atoms with van der Waals surface area (Å²) < 4.78 is 5.94. The van der Waals surface area contributed by atoms with Gasteiger partial charge in [-0.1, -0.05) is 41.7 Å². The van der Waals surface area contributed by atoms with E-state index in [-0.39, 0.29) is 17.9 Å². The molecule has 0 saturated heterocycles. The van der Waals surface area contributed by atoms with Crippen LogP contribution in [0, 0.1) is 5.92 Å². The second kappa shape index (κ2) is 9.04. The third-order valence-corrected chi connectivity index (χ3v) is 6.00. The fraction of sp³-hybridized carbons (Fsp3) is 0.273. The number of nitrogens with zero attached hydrogens (tertiary/aromatic N) is 2. The summed E-state index contributed by atoms with van der Waals surface area (Å²) in [6.07, 6.45) is 2.72. The number of aromatic nitrogens is 2. The van der Waals surface area contributed by atoms with Gasteiger partial charge in [0.25, 0.3) is 5.91 Å². The Morgan fingerprint density at radius 1 is 0.967 bits per heavy atom. The van der Waals surface area contributed by atoms with Crippen LogP contribution in [0.15, 0.2) is 54.6 Å². The highest BCUT2D eigenvalue weighted by atomic mass is 32.1. The number of anilines is 1. The molecule has 1 fully saturated rings. The van der Waals surface area contributed by atoms with Crippen molar-refractivity contribution in [2.45, 2.75) is 31.8 Å². The Labute approximate surface area is 177 Å². The zero-order valence-electron chi connectivity index (χ0n) is 16.2. The summed E-state index contributed by atoms with van der Waals surface area (Å²) >= 11 is 1.32. The Bertz CT molecular complexity index is 1010. The van der Waals surface area contributed by atoms with Crippen molar-refractivity contribution in [1.29, 1.82) is 0 Å². The van der Waals surface area contributed by atoms with Crippen LogP contribution in [0.4, 0.5) is 5.13 Å². The molecule has 2 N–H and O–H groups in total. The molecule has 0 bridgehead atoms. The van der Waals surface area contributed by atoms with Gasteiger partial charge in [-0.3, -0.25) is 14.9 Å². The smallest absolute Gasteiger partial charge is 0.306 e. The summed E-state index contributed by atoms with van der Waals surface area (Å²) in [4.78, 5) is 23.5. The molecule has 1 aliphatic carbocycles. The molecule has 0 spiro atoms. The number of rotatable bonds is 6. The molecular weight excluding hydrogens is 402 g/mol. The molecule has 1 heterocycles. The van der Waals surface area contributed by atoms with Crippen LogP contribution in [0.2, 0.25) is 0 Å². The molecule has 8 heteroatoms. The first-order valence-electron chi connectivity index (χ1n) is 9.78. The van der Waals surface area contributed by atoms with Crippen molar-refractivity contribution >= 4 is 28.3 Å². The van der Waals surface area contributed by atoms with E-state index in [0.717, 1.165) is 23.4 Å². The maximum atomic E-state index is 12.5. The summed E-state index contributed by atoms with van der Waals surface area (Å²) in [6.45, 7) is 0. The molecule has 30 heavy (non-hydrogen) atoms. The monoisotopic (exact) mass is 423 g/mol. The van der Waals surface area contributed by atoms with Gasteiger partial charge in [-0.05, 0) is 49.9 Å². The predicted molar refractivity (Wildman–Crippen MR) is 114 cm³/mol. The Hall–Kier alpha value is -3.26. The van der Waals surface area contributed by atoms with Crippen LogP contribution in [-0.2, 0) is 4.79 Å². The van der Waals surface area contributed by atoms with Crippen LogP contribution in [0.3, 0.4) is 0 Å². The van der Waals surface area contributed by atoms with Crippen molar-refractivity contribution in [1.82, 2.24) is 10.2 Å². The minimum atomic E-state index is -0.727. The van der Waals surface area contributed by atoms with Gasteiger partial charge < -0.3 is 9.84 Å². The van der Waals surface area contributed by atoms with Crippen LogP contribution < -0.4 is 10.1 Å². The standard InChI is InChI=1S/C22H21N3O4S/c26-19(23-22-25-24-20(30-22)15-4-2-1-3-5-15)14-6-10-17(11-7-14)29-18-12-8-16(9-13-18)21(27)28/h1-7,10-11,16,18H,8-9,12-13H2,(H,27,28)(H,23,25,26). The lowest BCUT2D eigenvalue weighted by Crippen LogP contribution is -2.27. The van der Waals surface area contributed by atoms with Crippen molar-refractivity contribution in [3.05, 3.63) is 60.2 Å². The number of aliphatic carboxylic acids is 1. The second-order valence-electron chi connectivity index (χ2n) is 7.19. The second-order valence-corrected chi connectivity index (χ2v) is 8.16. The predicted octanol–water partition coefficient (Wildman–Crippen LogP) is 4.48. The molecule has 7 nitrogen and oxygen atoms in total. The summed E-state index contributed by atoms with van der Waals surface area (Å²) in [5.41, 5.74) is 1.45. The van der Waals surface area contributed by atoms with Gasteiger partial charge in [0.05, 0.1) is 12.0 Å². The van der Waals surface area contributed by atoms with E-state index in [1.807, 2.05) is 30.3 Å². The van der Waals surface area contributed by atoms with E-state index >= 15 is 0 Å². The van der Waals surface area contributed by atoms with Gasteiger partial charge in [0.2, 0.25) is 5.13 Å². The van der Waals surface area contributed by atoms with E-state index in [4.69, 9.17) is 9.84 Å². The normalized spacial score (nSPS) is 18.5. The molecule has 0 aliphatic heterocycles. The van der Waals surface area contributed by atoms with E-state index in [0.29, 0.717) is 29.3 Å². The third kappa shape index (κ3) is 4.83. The van der Waals surface area contributed by atoms with E-state index < -0.39 is 5.97 Å². The van der Waals surface area contributed by atoms with Gasteiger partial charge in [0, 0.05) is 11.1 Å². The lowest BCUT2D eigenvalue weighted by Gasteiger charge is -2.26. The number of carboxylic acid groups (broad SMARTS) is 1. The molecule has 0 unspecified atom stereocenters. The van der Waals surface area contributed by atoms with Gasteiger partial charge in [0.15, 0.2) is 0 Å². The fourth-order valence-electron chi connectivity index (χ4n) is 3.45. The van der Waals surface area contributed by atoms with Crippen LogP contribution in [0.25, 0.3) is 10.6 Å². The number of hydrogen-bond acceptors (Lipinski definition) is 6. The molecule has 1 saturated carbocycles. The quantitative estimate of drug-likeness (QED) is 0.606. The number of carboxylic acids is 1. The Kier molecular flexibility index (Phi) is 6.04. The Morgan fingerprint density at radius 2 is 1.67 bits per heavy atom. The highest BCUT2D eigenvalue weighted by Crippen LogP contribution is 2.29. The first-order valence-corrected chi connectivity index (χ1v) is 10.6. The van der Waals surface area contributed by atoms with Crippen molar-refractivity contribution < 1.29 is 19.4 Å². The highest BCUT2D eigenvalue weighted by molar-refractivity contribution is 7.18. The summed E-state index contributed by atoms with van der Waals surface area (Å²) in [5.74, 6) is -0.583. The van der Waals surface area contributed by atoms with Crippen molar-refractivity contribution in [2.75, 3.05) is 5.32 Å². The van der Waals surface area contributed by atoms with Gasteiger partial charge in [-0.2, -0.15) is 0 Å². The molecular formula is C22H21N3O4S. The van der Waals surface area contributed by atoms with Gasteiger partial charge in [0.1, 0.15) is 10.8 Å². The number of nitrogens with one attached hydrogen (secondary N) is 1. The van der Waals surface area contributed by atoms with E-state index in [2.05, 4.69) is 15.5 Å². The molecule has 2 aromatic carbocycles. The summed E-state index contributed by atoms with van der Waals surface area (Å²) in [5, 5.41) is 21.2. The minimum absolute atomic E-state index is 0.0121. The topological polar surface area (TPSA) is 101 Å². The maximum absolute atomic E-state index is 12.5. The average molecular weight is 423 g/mol. The number of carbonyl (C=O) groups is 2. The van der Waals surface area contributed by atoms with Gasteiger partial charge in [-0.25, -0.2) is 0 Å². The molecule has 1 amide bonds. The Morgan fingerprint density at radius 3 is 2.33 bits per heavy atom. The van der Waals surface area contributed by atoms with Crippen molar-refractivity contribution in [3.8, 4) is 16.3 Å².